The van der Waals surface area contributed by atoms with Crippen molar-refractivity contribution in [3.8, 4) is 23.0 Å². The van der Waals surface area contributed by atoms with Crippen LogP contribution < -0.4 is 0 Å². The van der Waals surface area contributed by atoms with Crippen molar-refractivity contribution in [2.45, 2.75) is 13.8 Å². The van der Waals surface area contributed by atoms with Crippen molar-refractivity contribution < 1.29 is 0 Å². The maximum Gasteiger partial charge on any atom is 0.159 e. The van der Waals surface area contributed by atoms with E-state index in [1.54, 1.807) is 6.20 Å². The Hall–Kier alpha value is -3.59. The van der Waals surface area contributed by atoms with Gasteiger partial charge in [-0.25, -0.2) is 9.97 Å². The summed E-state index contributed by atoms with van der Waals surface area (Å²) in [6, 6.07) is 24.2. The Morgan fingerprint density at radius 1 is 0.714 bits per heavy atom. The fourth-order valence-corrected chi connectivity index (χ4v) is 3.77. The van der Waals surface area contributed by atoms with Crippen molar-refractivity contribution in [3.05, 3.63) is 96.3 Å². The second-order valence-electron chi connectivity index (χ2n) is 8.02. The molecule has 0 aliphatic rings. The first-order valence-corrected chi connectivity index (χ1v) is 13.3. The van der Waals surface area contributed by atoms with E-state index in [2.05, 4.69) is 71.1 Å². The average molecular weight is 574 g/mol. The molecule has 0 amide bonds. The van der Waals surface area contributed by atoms with Gasteiger partial charge in [-0.2, -0.15) is 0 Å². The van der Waals surface area contributed by atoms with Gasteiger partial charge in [-0.15, -0.1) is 0 Å². The van der Waals surface area contributed by atoms with Crippen LogP contribution in [0.3, 0.4) is 0 Å². The minimum atomic E-state index is 0.824. The molecular weight excluding hydrogens is 547 g/mol. The Bertz CT molecular complexity index is 1530. The van der Waals surface area contributed by atoms with Crippen LogP contribution in [0.5, 0.6) is 0 Å². The summed E-state index contributed by atoms with van der Waals surface area (Å²) in [5.74, 6) is 1.74. The van der Waals surface area contributed by atoms with E-state index in [1.807, 2.05) is 85.8 Å². The molecule has 0 aliphatic carbocycles. The zero-order valence-electron chi connectivity index (χ0n) is 20.2. The fourth-order valence-electron chi connectivity index (χ4n) is 3.77. The lowest BCUT2D eigenvalue weighted by Crippen LogP contribution is -1.94. The first-order chi connectivity index (χ1) is 17.1. The molecule has 0 unspecified atom stereocenters. The molecule has 0 bridgehead atoms. The van der Waals surface area contributed by atoms with Gasteiger partial charge in [-0.1, -0.05) is 46.9 Å². The zero-order chi connectivity index (χ0) is 24.8. The molecule has 0 atom stereocenters. The fraction of sp³-hybridized carbons (Fsp3) is 0.143. The molecule has 4 aromatic heterocycles. The first kappa shape index (κ1) is 24.5. The molecule has 35 heavy (non-hydrogen) atoms. The van der Waals surface area contributed by atoms with Gasteiger partial charge < -0.3 is 9.55 Å². The van der Waals surface area contributed by atoms with Crippen LogP contribution in [-0.2, 0) is 7.05 Å². The van der Waals surface area contributed by atoms with Crippen LogP contribution in [0, 0.1) is 13.8 Å². The van der Waals surface area contributed by atoms with Gasteiger partial charge in [-0.3, -0.25) is 9.97 Å². The van der Waals surface area contributed by atoms with Gasteiger partial charge >= 0.3 is 0 Å². The molecule has 0 spiro atoms. The molecule has 0 aliphatic heterocycles. The number of halogens is 1. The topological polar surface area (TPSA) is 72.3 Å². The maximum absolute atomic E-state index is 4.62. The molecule has 0 radical (unpaired) electrons. The molecule has 0 fully saturated rings. The number of fused-ring (bicyclic) bond motifs is 2. The quantitative estimate of drug-likeness (QED) is 0.180. The van der Waals surface area contributed by atoms with Gasteiger partial charge in [0.05, 0.1) is 22.1 Å². The van der Waals surface area contributed by atoms with Crippen LogP contribution in [0.2, 0.25) is 0 Å². The van der Waals surface area contributed by atoms with E-state index in [0.29, 0.717) is 0 Å². The molecule has 6 nitrogen and oxygen atoms in total. The highest BCUT2D eigenvalue weighted by Crippen LogP contribution is 2.22. The molecule has 7 heteroatoms. The third kappa shape index (κ3) is 5.57. The van der Waals surface area contributed by atoms with Gasteiger partial charge in [0.2, 0.25) is 0 Å². The van der Waals surface area contributed by atoms with E-state index >= 15 is 0 Å². The van der Waals surface area contributed by atoms with Crippen LogP contribution >= 0.6 is 22.6 Å². The standard InChI is InChI=1S/C14H13N3.C13H11N3.CH3I/c1-10-7-8-15-12(9-10)14-16-11-5-3-4-6-13(11)17(14)2;1-9-6-7-14-12(8-9)13-15-10-4-2-3-5-11(10)16-13;1-2/h3-9H,1-2H3;2-8H,1H3,(H,15,16);1H3. The number of nitrogens with zero attached hydrogens (tertiary/aromatic N) is 5. The number of aromatic nitrogens is 6. The molecule has 6 rings (SSSR count). The summed E-state index contributed by atoms with van der Waals surface area (Å²) in [5.41, 5.74) is 8.34. The van der Waals surface area contributed by atoms with Crippen molar-refractivity contribution in [2.24, 2.45) is 7.05 Å². The maximum atomic E-state index is 4.62. The van der Waals surface area contributed by atoms with Crippen LogP contribution in [0.25, 0.3) is 45.1 Å². The van der Waals surface area contributed by atoms with Crippen LogP contribution in [0.4, 0.5) is 0 Å². The predicted molar refractivity (Wildman–Crippen MR) is 153 cm³/mol. The van der Waals surface area contributed by atoms with Gasteiger partial charge in [0.15, 0.2) is 11.6 Å². The number of aromatic amines is 1. The number of rotatable bonds is 2. The molecule has 1 N–H and O–H groups in total. The van der Waals surface area contributed by atoms with Crippen molar-refractivity contribution >= 4 is 44.7 Å². The molecule has 2 aromatic carbocycles. The van der Waals surface area contributed by atoms with Gasteiger partial charge in [-0.05, 0) is 78.4 Å². The molecule has 0 saturated carbocycles. The van der Waals surface area contributed by atoms with Crippen molar-refractivity contribution in [2.75, 3.05) is 4.93 Å². The zero-order valence-corrected chi connectivity index (χ0v) is 22.4. The minimum absolute atomic E-state index is 0.824. The number of benzene rings is 2. The second kappa shape index (κ2) is 11.2. The third-order valence-corrected chi connectivity index (χ3v) is 5.48. The Balaban J connectivity index is 0.000000155. The molecule has 4 heterocycles. The number of alkyl halides is 1. The number of imidazole rings is 2. The predicted octanol–water partition coefficient (Wildman–Crippen LogP) is 6.93. The number of hydrogen-bond donors (Lipinski definition) is 1. The van der Waals surface area contributed by atoms with E-state index in [-0.39, 0.29) is 0 Å². The van der Waals surface area contributed by atoms with E-state index in [9.17, 15) is 0 Å². The number of nitrogens with one attached hydrogen (secondary N) is 1. The monoisotopic (exact) mass is 574 g/mol. The number of aryl methyl sites for hydroxylation is 3. The minimum Gasteiger partial charge on any atom is -0.337 e. The Morgan fingerprint density at radius 3 is 1.97 bits per heavy atom. The van der Waals surface area contributed by atoms with Gasteiger partial charge in [0, 0.05) is 19.4 Å². The van der Waals surface area contributed by atoms with Crippen molar-refractivity contribution in [1.82, 2.24) is 29.5 Å². The number of para-hydroxylation sites is 4. The van der Waals surface area contributed by atoms with Gasteiger partial charge in [0.1, 0.15) is 11.4 Å². The number of pyridine rings is 2. The molecule has 0 saturated heterocycles. The van der Waals surface area contributed by atoms with E-state index < -0.39 is 0 Å². The van der Waals surface area contributed by atoms with Gasteiger partial charge in [0.25, 0.3) is 0 Å². The first-order valence-electron chi connectivity index (χ1n) is 11.2. The van der Waals surface area contributed by atoms with E-state index in [0.717, 1.165) is 45.1 Å². The highest BCUT2D eigenvalue weighted by Gasteiger charge is 2.10. The highest BCUT2D eigenvalue weighted by atomic mass is 127. The third-order valence-electron chi connectivity index (χ3n) is 5.48. The Kier molecular flexibility index (Phi) is 7.87. The molecule has 176 valence electrons. The van der Waals surface area contributed by atoms with Crippen LogP contribution in [-0.4, -0.2) is 34.4 Å². The van der Waals surface area contributed by atoms with E-state index in [4.69, 9.17) is 0 Å². The smallest absolute Gasteiger partial charge is 0.159 e. The summed E-state index contributed by atoms with van der Waals surface area (Å²) in [5, 5.41) is 0. The Labute approximate surface area is 218 Å². The second-order valence-corrected chi connectivity index (χ2v) is 8.02. The average Bonchev–Trinajstić information content (AvgIpc) is 3.47. The summed E-state index contributed by atoms with van der Waals surface area (Å²) in [6.07, 6.45) is 3.63. The SMILES string of the molecule is CI.Cc1ccnc(-c2nc3ccccc3[nH]2)c1.Cc1ccnc(-c2nc3ccccc3n2C)c1. The summed E-state index contributed by atoms with van der Waals surface area (Å²) in [4.78, 5) is 23.1. The van der Waals surface area contributed by atoms with E-state index in [1.165, 1.54) is 11.1 Å². The molecular formula is C28H27IN6. The lowest BCUT2D eigenvalue weighted by molar-refractivity contribution is 0.949. The van der Waals surface area contributed by atoms with Crippen molar-refractivity contribution in [1.29, 1.82) is 0 Å². The highest BCUT2D eigenvalue weighted by molar-refractivity contribution is 14.1. The molecule has 6 aromatic rings. The number of H-pyrrole nitrogens is 1. The largest absolute Gasteiger partial charge is 0.337 e. The van der Waals surface area contributed by atoms with Crippen molar-refractivity contribution in [3.63, 3.8) is 0 Å². The number of hydrogen-bond acceptors (Lipinski definition) is 4. The lowest BCUT2D eigenvalue weighted by Gasteiger charge is -2.02. The Morgan fingerprint density at radius 2 is 1.31 bits per heavy atom. The lowest BCUT2D eigenvalue weighted by atomic mass is 10.2. The summed E-state index contributed by atoms with van der Waals surface area (Å²) >= 11 is 2.15. The van der Waals surface area contributed by atoms with Crippen LogP contribution in [0.15, 0.2) is 85.2 Å². The summed E-state index contributed by atoms with van der Waals surface area (Å²) < 4.78 is 2.08. The van der Waals surface area contributed by atoms with Crippen LogP contribution in [0.1, 0.15) is 11.1 Å². The summed E-state index contributed by atoms with van der Waals surface area (Å²) in [6.45, 7) is 4.11. The normalized spacial score (nSPS) is 10.4. The summed E-state index contributed by atoms with van der Waals surface area (Å²) in [7, 11) is 2.02.